The van der Waals surface area contributed by atoms with Gasteiger partial charge in [-0.3, -0.25) is 18.9 Å². The molecule has 4 aliphatic heterocycles. The van der Waals surface area contributed by atoms with Crippen molar-refractivity contribution in [3.8, 4) is 0 Å². The second kappa shape index (κ2) is 10.9. The van der Waals surface area contributed by atoms with Gasteiger partial charge in [-0.05, 0) is 27.7 Å². The fourth-order valence-corrected chi connectivity index (χ4v) is 6.59. The van der Waals surface area contributed by atoms with E-state index in [0.29, 0.717) is 11.2 Å². The molecule has 7 heterocycles. The van der Waals surface area contributed by atoms with E-state index in [1.54, 1.807) is 32.3 Å². The number of hydrogen-bond donors (Lipinski definition) is 4. The molecular formula is C27H35N7O11. The standard InChI is InChI=1S/C27H35N7O11/c1-26(2)42-17-12(6-35)40-23(19(17)44-26)33-11(5-15(37)32-25(33)38)8-39-9-13-18-20(45-27(3,4)43-18)24(41-13)34-14(7-36)31-16-21(28)29-10-30-22(16)34/h5,10,12-13,17-20,23-24,35-36H,6-9H2,1-4H3,(H2,28,29,30)(H,32,37,38)/t12-,13-,17-,18-,19-,20-,23-,24-/m1/s1. The summed E-state index contributed by atoms with van der Waals surface area (Å²) in [5, 5.41) is 20.0. The molecule has 0 saturated carbocycles. The van der Waals surface area contributed by atoms with E-state index in [2.05, 4.69) is 19.9 Å². The first-order valence-corrected chi connectivity index (χ1v) is 14.5. The van der Waals surface area contributed by atoms with Gasteiger partial charge < -0.3 is 49.1 Å². The van der Waals surface area contributed by atoms with Crippen molar-refractivity contribution in [2.24, 2.45) is 0 Å². The van der Waals surface area contributed by atoms with Crippen LogP contribution in [-0.2, 0) is 46.4 Å². The van der Waals surface area contributed by atoms with Crippen LogP contribution in [0.3, 0.4) is 0 Å². The first kappa shape index (κ1) is 30.3. The van der Waals surface area contributed by atoms with Crippen molar-refractivity contribution in [3.63, 3.8) is 0 Å². The van der Waals surface area contributed by atoms with Crippen LogP contribution in [0.4, 0.5) is 5.82 Å². The monoisotopic (exact) mass is 633 g/mol. The van der Waals surface area contributed by atoms with Gasteiger partial charge in [0.05, 0.1) is 25.5 Å². The van der Waals surface area contributed by atoms with Crippen molar-refractivity contribution < 1.29 is 43.4 Å². The van der Waals surface area contributed by atoms with Gasteiger partial charge in [-0.1, -0.05) is 0 Å². The molecule has 4 saturated heterocycles. The molecule has 18 heteroatoms. The molecule has 5 N–H and O–H groups in total. The van der Waals surface area contributed by atoms with Crippen LogP contribution in [0.5, 0.6) is 0 Å². The normalized spacial score (nSPS) is 33.2. The number of fused-ring (bicyclic) bond motifs is 3. The Hall–Kier alpha value is -3.33. The van der Waals surface area contributed by atoms with Gasteiger partial charge in [0.25, 0.3) is 5.56 Å². The molecule has 4 aliphatic rings. The Morgan fingerprint density at radius 2 is 1.56 bits per heavy atom. The molecule has 0 aromatic carbocycles. The van der Waals surface area contributed by atoms with Gasteiger partial charge in [-0.15, -0.1) is 0 Å². The van der Waals surface area contributed by atoms with Crippen LogP contribution in [0.15, 0.2) is 22.0 Å². The number of rotatable bonds is 8. The summed E-state index contributed by atoms with van der Waals surface area (Å²) in [5.41, 5.74) is 5.55. The summed E-state index contributed by atoms with van der Waals surface area (Å²) in [5.74, 6) is -1.52. The van der Waals surface area contributed by atoms with Crippen molar-refractivity contribution in [1.82, 2.24) is 29.1 Å². The van der Waals surface area contributed by atoms with Crippen LogP contribution in [-0.4, -0.2) is 101 Å². The molecule has 0 spiro atoms. The van der Waals surface area contributed by atoms with Crippen molar-refractivity contribution in [1.29, 1.82) is 0 Å². The topological polar surface area (TPSA) is 230 Å². The second-order valence-corrected chi connectivity index (χ2v) is 12.2. The van der Waals surface area contributed by atoms with E-state index in [0.717, 1.165) is 0 Å². The number of nitrogens with two attached hydrogens (primary N) is 1. The fourth-order valence-electron chi connectivity index (χ4n) is 6.59. The zero-order valence-corrected chi connectivity index (χ0v) is 25.0. The highest BCUT2D eigenvalue weighted by atomic mass is 16.8. The lowest BCUT2D eigenvalue weighted by atomic mass is 10.1. The number of nitrogen functional groups attached to an aromatic ring is 1. The van der Waals surface area contributed by atoms with Gasteiger partial charge in [-0.25, -0.2) is 19.7 Å². The first-order valence-electron chi connectivity index (χ1n) is 14.5. The quantitative estimate of drug-likeness (QED) is 0.228. The zero-order chi connectivity index (χ0) is 31.8. The highest BCUT2D eigenvalue weighted by Crippen LogP contribution is 2.45. The van der Waals surface area contributed by atoms with Crippen LogP contribution in [0.2, 0.25) is 0 Å². The molecule has 3 aromatic heterocycles. The van der Waals surface area contributed by atoms with Gasteiger partial charge >= 0.3 is 5.69 Å². The Bertz CT molecular complexity index is 1720. The number of ether oxygens (including phenoxy) is 7. The van der Waals surface area contributed by atoms with E-state index in [-0.39, 0.29) is 37.2 Å². The third kappa shape index (κ3) is 5.15. The predicted molar refractivity (Wildman–Crippen MR) is 149 cm³/mol. The number of anilines is 1. The Labute approximate surface area is 254 Å². The Balaban J connectivity index is 1.14. The Kier molecular flexibility index (Phi) is 7.34. The van der Waals surface area contributed by atoms with E-state index < -0.39 is 78.5 Å². The third-order valence-electron chi connectivity index (χ3n) is 8.25. The molecule has 8 atom stereocenters. The van der Waals surface area contributed by atoms with Gasteiger partial charge in [-0.2, -0.15) is 0 Å². The molecule has 0 amide bonds. The molecule has 0 radical (unpaired) electrons. The first-order chi connectivity index (χ1) is 21.4. The number of aromatic nitrogens is 6. The van der Waals surface area contributed by atoms with Gasteiger partial charge in [0.15, 0.2) is 41.0 Å². The molecule has 18 nitrogen and oxygen atoms in total. The molecule has 45 heavy (non-hydrogen) atoms. The molecule has 244 valence electrons. The number of nitrogens with zero attached hydrogens (tertiary/aromatic N) is 5. The van der Waals surface area contributed by atoms with E-state index >= 15 is 0 Å². The van der Waals surface area contributed by atoms with Crippen molar-refractivity contribution >= 4 is 17.0 Å². The van der Waals surface area contributed by atoms with Gasteiger partial charge in [0, 0.05) is 6.07 Å². The summed E-state index contributed by atoms with van der Waals surface area (Å²) in [4.78, 5) is 40.4. The summed E-state index contributed by atoms with van der Waals surface area (Å²) in [7, 11) is 0. The molecule has 4 fully saturated rings. The summed E-state index contributed by atoms with van der Waals surface area (Å²) >= 11 is 0. The Morgan fingerprint density at radius 3 is 2.22 bits per heavy atom. The summed E-state index contributed by atoms with van der Waals surface area (Å²) < 4.78 is 45.6. The lowest BCUT2D eigenvalue weighted by Gasteiger charge is -2.26. The minimum absolute atomic E-state index is 0.0280. The van der Waals surface area contributed by atoms with E-state index in [1.165, 1.54) is 17.0 Å². The maximum atomic E-state index is 13.1. The molecule has 7 rings (SSSR count). The highest BCUT2D eigenvalue weighted by molar-refractivity contribution is 5.81. The average Bonchev–Trinajstić information content (AvgIpc) is 3.73. The Morgan fingerprint density at radius 1 is 0.933 bits per heavy atom. The lowest BCUT2D eigenvalue weighted by molar-refractivity contribution is -0.203. The SMILES string of the molecule is CC1(C)O[C@@H]2[C@H](O1)[C@@H](CO)O[C@H]2n1c(COC[C@H]2O[C@@H](n3c(CO)nc4c(N)ncnc43)[C@@H]3OC(C)(C)O[C@@H]32)cc(=O)[nH]c1=O. The summed E-state index contributed by atoms with van der Waals surface area (Å²) in [6.45, 7) is 6.02. The van der Waals surface area contributed by atoms with Crippen LogP contribution in [0.25, 0.3) is 11.2 Å². The summed E-state index contributed by atoms with van der Waals surface area (Å²) in [6, 6.07) is 1.24. The second-order valence-electron chi connectivity index (χ2n) is 12.2. The van der Waals surface area contributed by atoms with E-state index in [9.17, 15) is 19.8 Å². The zero-order valence-electron chi connectivity index (χ0n) is 25.0. The van der Waals surface area contributed by atoms with Crippen molar-refractivity contribution in [2.45, 2.75) is 102 Å². The summed E-state index contributed by atoms with van der Waals surface area (Å²) in [6.07, 6.45) is -4.52. The van der Waals surface area contributed by atoms with Crippen LogP contribution < -0.4 is 17.0 Å². The third-order valence-corrected chi connectivity index (χ3v) is 8.25. The predicted octanol–water partition coefficient (Wildman–Crippen LogP) is -1.21. The van der Waals surface area contributed by atoms with Gasteiger partial charge in [0.1, 0.15) is 55.4 Å². The average molecular weight is 634 g/mol. The molecular weight excluding hydrogens is 598 g/mol. The largest absolute Gasteiger partial charge is 0.394 e. The number of aliphatic hydroxyl groups is 2. The number of aromatic amines is 1. The van der Waals surface area contributed by atoms with Crippen LogP contribution in [0, 0.1) is 0 Å². The van der Waals surface area contributed by atoms with Crippen molar-refractivity contribution in [2.75, 3.05) is 18.9 Å². The van der Waals surface area contributed by atoms with Crippen molar-refractivity contribution in [3.05, 3.63) is 44.8 Å². The number of aliphatic hydroxyl groups excluding tert-OH is 2. The molecule has 3 aromatic rings. The minimum Gasteiger partial charge on any atom is -0.394 e. The number of nitrogens with one attached hydrogen (secondary N) is 1. The lowest BCUT2D eigenvalue weighted by Crippen LogP contribution is -2.40. The van der Waals surface area contributed by atoms with Gasteiger partial charge in [0.2, 0.25) is 0 Å². The highest BCUT2D eigenvalue weighted by Gasteiger charge is 2.58. The van der Waals surface area contributed by atoms with Crippen LogP contribution >= 0.6 is 0 Å². The maximum absolute atomic E-state index is 13.1. The molecule has 0 aliphatic carbocycles. The smallest absolute Gasteiger partial charge is 0.330 e. The van der Waals surface area contributed by atoms with E-state index in [4.69, 9.17) is 38.9 Å². The number of imidazole rings is 1. The van der Waals surface area contributed by atoms with Crippen LogP contribution in [0.1, 0.15) is 51.7 Å². The number of H-pyrrole nitrogens is 1. The molecule has 0 bridgehead atoms. The van der Waals surface area contributed by atoms with E-state index in [1.807, 2.05) is 0 Å². The maximum Gasteiger partial charge on any atom is 0.330 e. The number of hydrogen-bond acceptors (Lipinski definition) is 15. The fraction of sp³-hybridized carbons (Fsp3) is 0.667. The minimum atomic E-state index is -0.999. The molecule has 0 unspecified atom stereocenters.